The van der Waals surface area contributed by atoms with Crippen molar-refractivity contribution >= 4 is 22.9 Å². The molecule has 132 valence electrons. The number of nitrogens with zero attached hydrogens (tertiary/aromatic N) is 4. The number of hydrogen-bond donors (Lipinski definition) is 1. The van der Waals surface area contributed by atoms with Gasteiger partial charge in [0.15, 0.2) is 10.8 Å². The van der Waals surface area contributed by atoms with E-state index in [4.69, 9.17) is 10.7 Å². The molecule has 0 saturated carbocycles. The zero-order chi connectivity index (χ0) is 18.1. The van der Waals surface area contributed by atoms with Gasteiger partial charge in [0.05, 0.1) is 18.2 Å². The Hall–Kier alpha value is -2.80. The van der Waals surface area contributed by atoms with E-state index < -0.39 is 0 Å². The van der Waals surface area contributed by atoms with Gasteiger partial charge in [-0.15, -0.1) is 11.3 Å². The van der Waals surface area contributed by atoms with Crippen LogP contribution >= 0.6 is 11.3 Å². The number of benzene rings is 1. The molecule has 3 aromatic rings. The molecule has 0 fully saturated rings. The Morgan fingerprint density at radius 2 is 2.04 bits per heavy atom. The molecule has 0 saturated heterocycles. The van der Waals surface area contributed by atoms with E-state index in [9.17, 15) is 4.79 Å². The largest absolute Gasteiger partial charge is 0.369 e. The van der Waals surface area contributed by atoms with E-state index in [1.54, 1.807) is 29.8 Å². The Labute approximate surface area is 155 Å². The van der Waals surface area contributed by atoms with Crippen LogP contribution in [0.1, 0.15) is 30.5 Å². The lowest BCUT2D eigenvalue weighted by Crippen LogP contribution is -2.41. The first kappa shape index (κ1) is 16.7. The summed E-state index contributed by atoms with van der Waals surface area (Å²) < 4.78 is 0. The second kappa shape index (κ2) is 6.84. The Balaban J connectivity index is 1.63. The summed E-state index contributed by atoms with van der Waals surface area (Å²) in [5, 5.41) is 2.86. The van der Waals surface area contributed by atoms with Gasteiger partial charge in [0.2, 0.25) is 5.91 Å². The predicted molar refractivity (Wildman–Crippen MR) is 102 cm³/mol. The molecule has 0 aliphatic carbocycles. The van der Waals surface area contributed by atoms with E-state index in [0.717, 1.165) is 22.0 Å². The molecule has 1 aromatic carbocycles. The first-order valence-electron chi connectivity index (χ1n) is 8.50. The molecule has 2 aromatic heterocycles. The van der Waals surface area contributed by atoms with Crippen LogP contribution < -0.4 is 10.6 Å². The van der Waals surface area contributed by atoms with Gasteiger partial charge >= 0.3 is 0 Å². The molecule has 1 aliphatic rings. The van der Waals surface area contributed by atoms with Crippen molar-refractivity contribution in [2.75, 3.05) is 4.90 Å². The minimum absolute atomic E-state index is 0.195. The average molecular weight is 365 g/mol. The van der Waals surface area contributed by atoms with Gasteiger partial charge < -0.3 is 10.6 Å². The van der Waals surface area contributed by atoms with Crippen molar-refractivity contribution in [3.63, 3.8) is 0 Å². The molecule has 0 radical (unpaired) electrons. The molecule has 0 spiro atoms. The number of aromatic nitrogens is 3. The van der Waals surface area contributed by atoms with Gasteiger partial charge in [-0.05, 0) is 31.0 Å². The van der Waals surface area contributed by atoms with Gasteiger partial charge in [-0.2, -0.15) is 0 Å². The summed E-state index contributed by atoms with van der Waals surface area (Å²) in [4.78, 5) is 27.4. The highest BCUT2D eigenvalue weighted by molar-refractivity contribution is 7.13. The fourth-order valence-corrected chi connectivity index (χ4v) is 4.21. The SMILES string of the molecule is C[C@H]1C[C@@H](C(N)=O)c2ccccc2N1Cc1csc(-c2ncccn2)n1. The van der Waals surface area contributed by atoms with Crippen molar-refractivity contribution < 1.29 is 4.79 Å². The van der Waals surface area contributed by atoms with Crippen LogP contribution in [0.25, 0.3) is 10.8 Å². The van der Waals surface area contributed by atoms with Crippen LogP contribution in [0, 0.1) is 0 Å². The maximum absolute atomic E-state index is 11.9. The number of para-hydroxylation sites is 1. The minimum atomic E-state index is -0.263. The molecular weight excluding hydrogens is 346 g/mol. The fourth-order valence-electron chi connectivity index (χ4n) is 3.45. The number of amides is 1. The van der Waals surface area contributed by atoms with E-state index in [1.165, 1.54) is 0 Å². The zero-order valence-corrected chi connectivity index (χ0v) is 15.2. The van der Waals surface area contributed by atoms with Gasteiger partial charge in [0, 0.05) is 29.5 Å². The Bertz CT molecular complexity index is 926. The summed E-state index contributed by atoms with van der Waals surface area (Å²) in [7, 11) is 0. The monoisotopic (exact) mass is 365 g/mol. The van der Waals surface area contributed by atoms with Crippen LogP contribution in [0.4, 0.5) is 5.69 Å². The summed E-state index contributed by atoms with van der Waals surface area (Å²) in [6.45, 7) is 2.80. The number of carbonyl (C=O) groups excluding carboxylic acids is 1. The molecule has 0 bridgehead atoms. The molecule has 1 amide bonds. The highest BCUT2D eigenvalue weighted by atomic mass is 32.1. The standard InChI is InChI=1S/C19H19N5OS/c1-12-9-15(17(20)25)14-5-2-3-6-16(14)24(12)10-13-11-26-19(23-13)18-21-7-4-8-22-18/h2-8,11-12,15H,9-10H2,1H3,(H2,20,25)/t12-,15+/m0/s1. The quantitative estimate of drug-likeness (QED) is 0.768. The molecule has 2 atom stereocenters. The van der Waals surface area contributed by atoms with Crippen molar-refractivity contribution in [3.8, 4) is 10.8 Å². The number of nitrogens with two attached hydrogens (primary N) is 1. The number of anilines is 1. The average Bonchev–Trinajstić information content (AvgIpc) is 3.13. The summed E-state index contributed by atoms with van der Waals surface area (Å²) in [6, 6.07) is 9.98. The third-order valence-corrected chi connectivity index (χ3v) is 5.60. The molecule has 7 heteroatoms. The molecule has 26 heavy (non-hydrogen) atoms. The van der Waals surface area contributed by atoms with E-state index >= 15 is 0 Å². The summed E-state index contributed by atoms with van der Waals surface area (Å²) in [6.07, 6.45) is 4.15. The third-order valence-electron chi connectivity index (χ3n) is 4.72. The molecular formula is C19H19N5OS. The first-order valence-corrected chi connectivity index (χ1v) is 9.38. The number of rotatable bonds is 4. The van der Waals surface area contributed by atoms with Crippen molar-refractivity contribution in [1.82, 2.24) is 15.0 Å². The zero-order valence-electron chi connectivity index (χ0n) is 14.4. The number of thiazole rings is 1. The lowest BCUT2D eigenvalue weighted by Gasteiger charge is -2.39. The first-order chi connectivity index (χ1) is 12.6. The van der Waals surface area contributed by atoms with Crippen LogP contribution in [0.5, 0.6) is 0 Å². The van der Waals surface area contributed by atoms with Crippen molar-refractivity contribution in [2.24, 2.45) is 5.73 Å². The molecule has 1 aliphatic heterocycles. The molecule has 6 nitrogen and oxygen atoms in total. The maximum Gasteiger partial charge on any atom is 0.225 e. The molecule has 4 rings (SSSR count). The fraction of sp³-hybridized carbons (Fsp3) is 0.263. The Morgan fingerprint density at radius 3 is 2.81 bits per heavy atom. The van der Waals surface area contributed by atoms with Gasteiger partial charge in [-0.1, -0.05) is 18.2 Å². The maximum atomic E-state index is 11.9. The van der Waals surface area contributed by atoms with Crippen molar-refractivity contribution in [3.05, 3.63) is 59.4 Å². The Morgan fingerprint density at radius 1 is 1.27 bits per heavy atom. The van der Waals surface area contributed by atoms with Gasteiger partial charge in [0.25, 0.3) is 0 Å². The van der Waals surface area contributed by atoms with E-state index in [1.807, 2.05) is 23.6 Å². The Kier molecular flexibility index (Phi) is 4.38. The lowest BCUT2D eigenvalue weighted by molar-refractivity contribution is -0.119. The van der Waals surface area contributed by atoms with Gasteiger partial charge in [-0.25, -0.2) is 15.0 Å². The van der Waals surface area contributed by atoms with E-state index in [2.05, 4.69) is 27.9 Å². The number of hydrogen-bond acceptors (Lipinski definition) is 6. The van der Waals surface area contributed by atoms with E-state index in [-0.39, 0.29) is 17.9 Å². The van der Waals surface area contributed by atoms with Crippen molar-refractivity contribution in [2.45, 2.75) is 31.8 Å². The topological polar surface area (TPSA) is 85.0 Å². The third kappa shape index (κ3) is 3.06. The normalized spacial score (nSPS) is 19.2. The lowest BCUT2D eigenvalue weighted by atomic mass is 9.85. The highest BCUT2D eigenvalue weighted by Crippen LogP contribution is 2.39. The number of primary amides is 1. The number of fused-ring (bicyclic) bond motifs is 1. The number of carbonyl (C=O) groups is 1. The summed E-state index contributed by atoms with van der Waals surface area (Å²) in [5.74, 6) is 0.145. The van der Waals surface area contributed by atoms with Crippen LogP contribution in [-0.2, 0) is 11.3 Å². The van der Waals surface area contributed by atoms with Crippen LogP contribution in [0.2, 0.25) is 0 Å². The summed E-state index contributed by atoms with van der Waals surface area (Å²) >= 11 is 1.54. The highest BCUT2D eigenvalue weighted by Gasteiger charge is 2.33. The van der Waals surface area contributed by atoms with Crippen molar-refractivity contribution in [1.29, 1.82) is 0 Å². The van der Waals surface area contributed by atoms with Crippen LogP contribution in [0.15, 0.2) is 48.1 Å². The van der Waals surface area contributed by atoms with E-state index in [0.29, 0.717) is 18.8 Å². The molecule has 0 unspecified atom stereocenters. The van der Waals surface area contributed by atoms with Crippen LogP contribution in [-0.4, -0.2) is 26.9 Å². The second-order valence-electron chi connectivity index (χ2n) is 6.44. The van der Waals surface area contributed by atoms with Crippen LogP contribution in [0.3, 0.4) is 0 Å². The minimum Gasteiger partial charge on any atom is -0.369 e. The second-order valence-corrected chi connectivity index (χ2v) is 7.30. The van der Waals surface area contributed by atoms with Gasteiger partial charge in [0.1, 0.15) is 0 Å². The predicted octanol–water partition coefficient (Wildman–Crippen LogP) is 2.97. The molecule has 3 heterocycles. The molecule has 2 N–H and O–H groups in total. The smallest absolute Gasteiger partial charge is 0.225 e. The summed E-state index contributed by atoms with van der Waals surface area (Å²) in [5.41, 5.74) is 8.65. The van der Waals surface area contributed by atoms with Gasteiger partial charge in [-0.3, -0.25) is 4.79 Å².